The normalized spacial score (nSPS) is 11.2. The second-order valence-electron chi connectivity index (χ2n) is 3.72. The van der Waals surface area contributed by atoms with Crippen molar-refractivity contribution in [2.24, 2.45) is 0 Å². The lowest BCUT2D eigenvalue weighted by atomic mass is 10.0. The standard InChI is InChI=1S/C10H16N2/c1-7(2)9-5-10(8(3)4)12-11-6-9/h5-8H,1-4H3. The van der Waals surface area contributed by atoms with Gasteiger partial charge >= 0.3 is 0 Å². The molecule has 0 aliphatic carbocycles. The molecule has 0 spiro atoms. The maximum Gasteiger partial charge on any atom is 0.0659 e. The van der Waals surface area contributed by atoms with Crippen LogP contribution in [0, 0.1) is 0 Å². The van der Waals surface area contributed by atoms with Crippen LogP contribution in [-0.4, -0.2) is 10.2 Å². The van der Waals surface area contributed by atoms with Crippen molar-refractivity contribution in [2.45, 2.75) is 39.5 Å². The summed E-state index contributed by atoms with van der Waals surface area (Å²) in [7, 11) is 0. The number of hydrogen-bond acceptors (Lipinski definition) is 2. The smallest absolute Gasteiger partial charge is 0.0659 e. The minimum absolute atomic E-state index is 0.469. The number of nitrogens with zero attached hydrogens (tertiary/aromatic N) is 2. The van der Waals surface area contributed by atoms with E-state index in [0.29, 0.717) is 11.8 Å². The van der Waals surface area contributed by atoms with Crippen molar-refractivity contribution in [3.8, 4) is 0 Å². The van der Waals surface area contributed by atoms with Crippen LogP contribution >= 0.6 is 0 Å². The molecule has 1 heterocycles. The molecule has 1 aromatic rings. The van der Waals surface area contributed by atoms with Gasteiger partial charge in [0.1, 0.15) is 0 Å². The zero-order chi connectivity index (χ0) is 9.14. The predicted molar refractivity (Wildman–Crippen MR) is 50.2 cm³/mol. The van der Waals surface area contributed by atoms with Crippen LogP contribution in [0.2, 0.25) is 0 Å². The Bertz CT molecular complexity index is 231. The fourth-order valence-corrected chi connectivity index (χ4v) is 0.997. The summed E-state index contributed by atoms with van der Waals surface area (Å²) in [5.41, 5.74) is 2.36. The summed E-state index contributed by atoms with van der Waals surface area (Å²) in [6, 6.07) is 2.14. The van der Waals surface area contributed by atoms with E-state index in [1.807, 2.05) is 6.20 Å². The van der Waals surface area contributed by atoms with E-state index in [2.05, 4.69) is 44.0 Å². The van der Waals surface area contributed by atoms with Gasteiger partial charge in [-0.2, -0.15) is 10.2 Å². The van der Waals surface area contributed by atoms with Gasteiger partial charge in [0.05, 0.1) is 11.9 Å². The summed E-state index contributed by atoms with van der Waals surface area (Å²) in [4.78, 5) is 0. The molecule has 1 aromatic heterocycles. The highest BCUT2D eigenvalue weighted by atomic mass is 15.1. The molecule has 0 aliphatic heterocycles. The molecule has 0 atom stereocenters. The van der Waals surface area contributed by atoms with Crippen LogP contribution in [-0.2, 0) is 0 Å². The van der Waals surface area contributed by atoms with Crippen LogP contribution in [0.4, 0.5) is 0 Å². The van der Waals surface area contributed by atoms with Crippen molar-refractivity contribution >= 4 is 0 Å². The first kappa shape index (κ1) is 9.17. The molecule has 0 saturated heterocycles. The summed E-state index contributed by atoms with van der Waals surface area (Å²) in [6.07, 6.45) is 1.84. The van der Waals surface area contributed by atoms with Crippen molar-refractivity contribution in [1.29, 1.82) is 0 Å². The molecule has 0 aromatic carbocycles. The van der Waals surface area contributed by atoms with Crippen LogP contribution in [0.15, 0.2) is 12.3 Å². The Kier molecular flexibility index (Phi) is 2.79. The third-order valence-electron chi connectivity index (χ3n) is 1.95. The average molecular weight is 164 g/mol. The van der Waals surface area contributed by atoms with E-state index >= 15 is 0 Å². The molecule has 66 valence electrons. The third kappa shape index (κ3) is 2.03. The van der Waals surface area contributed by atoms with Crippen molar-refractivity contribution in [3.05, 3.63) is 23.5 Å². The van der Waals surface area contributed by atoms with Crippen LogP contribution in [0.3, 0.4) is 0 Å². The molecule has 0 saturated carbocycles. The molecule has 2 heteroatoms. The third-order valence-corrected chi connectivity index (χ3v) is 1.95. The van der Waals surface area contributed by atoms with Gasteiger partial charge in [-0.15, -0.1) is 0 Å². The molecule has 0 N–H and O–H groups in total. The van der Waals surface area contributed by atoms with Crippen LogP contribution in [0.1, 0.15) is 50.8 Å². The van der Waals surface area contributed by atoms with E-state index in [-0.39, 0.29) is 0 Å². The predicted octanol–water partition coefficient (Wildman–Crippen LogP) is 2.72. The van der Waals surface area contributed by atoms with Crippen LogP contribution < -0.4 is 0 Å². The zero-order valence-corrected chi connectivity index (χ0v) is 8.20. The lowest BCUT2D eigenvalue weighted by Crippen LogP contribution is -1.98. The Morgan fingerprint density at radius 3 is 2.25 bits per heavy atom. The highest BCUT2D eigenvalue weighted by Gasteiger charge is 2.04. The SMILES string of the molecule is CC(C)c1cnnc(C(C)C)c1. The molecule has 0 radical (unpaired) electrons. The molecule has 0 bridgehead atoms. The van der Waals surface area contributed by atoms with E-state index in [4.69, 9.17) is 0 Å². The maximum absolute atomic E-state index is 4.07. The minimum atomic E-state index is 0.469. The number of hydrogen-bond donors (Lipinski definition) is 0. The van der Waals surface area contributed by atoms with E-state index in [0.717, 1.165) is 5.69 Å². The molecule has 0 fully saturated rings. The molecule has 0 amide bonds. The van der Waals surface area contributed by atoms with Gasteiger partial charge in [0, 0.05) is 0 Å². The quantitative estimate of drug-likeness (QED) is 0.671. The van der Waals surface area contributed by atoms with Crippen molar-refractivity contribution in [1.82, 2.24) is 10.2 Å². The van der Waals surface area contributed by atoms with E-state index in [1.54, 1.807) is 0 Å². The van der Waals surface area contributed by atoms with Crippen molar-refractivity contribution in [3.63, 3.8) is 0 Å². The Hall–Kier alpha value is -0.920. The molecule has 2 nitrogen and oxygen atoms in total. The maximum atomic E-state index is 4.07. The fraction of sp³-hybridized carbons (Fsp3) is 0.600. The molecule has 0 unspecified atom stereocenters. The summed E-state index contributed by atoms with van der Waals surface area (Å²) in [6.45, 7) is 8.60. The van der Waals surface area contributed by atoms with E-state index < -0.39 is 0 Å². The molecular formula is C10H16N2. The highest BCUT2D eigenvalue weighted by molar-refractivity contribution is 5.17. The second-order valence-corrected chi connectivity index (χ2v) is 3.72. The van der Waals surface area contributed by atoms with E-state index in [9.17, 15) is 0 Å². The van der Waals surface area contributed by atoms with Gasteiger partial charge in [-0.05, 0) is 23.5 Å². The Labute approximate surface area is 74.0 Å². The Morgan fingerprint density at radius 1 is 1.08 bits per heavy atom. The summed E-state index contributed by atoms with van der Waals surface area (Å²) in [5, 5.41) is 8.05. The summed E-state index contributed by atoms with van der Waals surface area (Å²) in [5.74, 6) is 1.01. The first-order chi connectivity index (χ1) is 5.61. The summed E-state index contributed by atoms with van der Waals surface area (Å²) >= 11 is 0. The zero-order valence-electron chi connectivity index (χ0n) is 8.20. The second kappa shape index (κ2) is 3.65. The average Bonchev–Trinajstić information content (AvgIpc) is 2.04. The summed E-state index contributed by atoms with van der Waals surface area (Å²) < 4.78 is 0. The van der Waals surface area contributed by atoms with Crippen molar-refractivity contribution < 1.29 is 0 Å². The van der Waals surface area contributed by atoms with Gasteiger partial charge in [0.25, 0.3) is 0 Å². The van der Waals surface area contributed by atoms with Gasteiger partial charge in [0.2, 0.25) is 0 Å². The minimum Gasteiger partial charge on any atom is -0.159 e. The Morgan fingerprint density at radius 2 is 1.75 bits per heavy atom. The number of rotatable bonds is 2. The van der Waals surface area contributed by atoms with Gasteiger partial charge in [-0.3, -0.25) is 0 Å². The Balaban J connectivity index is 2.96. The molecular weight excluding hydrogens is 148 g/mol. The van der Waals surface area contributed by atoms with Crippen LogP contribution in [0.25, 0.3) is 0 Å². The van der Waals surface area contributed by atoms with E-state index in [1.165, 1.54) is 5.56 Å². The molecule has 1 rings (SSSR count). The lowest BCUT2D eigenvalue weighted by molar-refractivity contribution is 0.759. The van der Waals surface area contributed by atoms with Gasteiger partial charge in [-0.1, -0.05) is 27.7 Å². The molecule has 12 heavy (non-hydrogen) atoms. The van der Waals surface area contributed by atoms with Gasteiger partial charge in [0.15, 0.2) is 0 Å². The number of aromatic nitrogens is 2. The van der Waals surface area contributed by atoms with Crippen molar-refractivity contribution in [2.75, 3.05) is 0 Å². The molecule has 0 aliphatic rings. The first-order valence-corrected chi connectivity index (χ1v) is 4.43. The highest BCUT2D eigenvalue weighted by Crippen LogP contribution is 2.17. The fourth-order valence-electron chi connectivity index (χ4n) is 0.997. The topological polar surface area (TPSA) is 25.8 Å². The lowest BCUT2D eigenvalue weighted by Gasteiger charge is -2.07. The first-order valence-electron chi connectivity index (χ1n) is 4.43. The monoisotopic (exact) mass is 164 g/mol. The largest absolute Gasteiger partial charge is 0.159 e. The van der Waals surface area contributed by atoms with Gasteiger partial charge < -0.3 is 0 Å². The van der Waals surface area contributed by atoms with Gasteiger partial charge in [-0.25, -0.2) is 0 Å². The van der Waals surface area contributed by atoms with Crippen LogP contribution in [0.5, 0.6) is 0 Å².